The van der Waals surface area contributed by atoms with E-state index in [2.05, 4.69) is 0 Å². The molecular weight excluding hydrogens is 188 g/mol. The molecule has 4 rings (SSSR count). The van der Waals surface area contributed by atoms with Crippen molar-refractivity contribution in [1.29, 1.82) is 0 Å². The van der Waals surface area contributed by atoms with Crippen LogP contribution in [-0.4, -0.2) is 24.4 Å². The zero-order chi connectivity index (χ0) is 9.83. The average Bonchev–Trinajstić information content (AvgIpc) is 3.12. The molecule has 2 heteroatoms. The maximum absolute atomic E-state index is 5.74. The van der Waals surface area contributed by atoms with E-state index in [1.807, 2.05) is 0 Å². The van der Waals surface area contributed by atoms with Gasteiger partial charge in [-0.15, -0.1) is 0 Å². The molecule has 15 heavy (non-hydrogen) atoms. The van der Waals surface area contributed by atoms with Gasteiger partial charge in [0.25, 0.3) is 0 Å². The molecule has 0 bridgehead atoms. The Bertz CT molecular complexity index is 248. The summed E-state index contributed by atoms with van der Waals surface area (Å²) in [6.45, 7) is 0. The minimum absolute atomic E-state index is 0. The van der Waals surface area contributed by atoms with Crippen LogP contribution in [-0.2, 0) is 9.47 Å². The van der Waals surface area contributed by atoms with Crippen molar-refractivity contribution in [2.45, 2.75) is 69.4 Å². The molecule has 0 radical (unpaired) electrons. The van der Waals surface area contributed by atoms with Crippen LogP contribution in [0.2, 0.25) is 0 Å². The minimum atomic E-state index is 0. The smallest absolute Gasteiger partial charge is 0.0870 e. The standard InChI is InChI=1S/C13H20O2.2H2/c1-3-8(12-10(5-1)14-12)7-9-4-2-6-11-13(9)15-11;;/h8-13H,1-7H2;2*1H. The first kappa shape index (κ1) is 9.00. The molecule has 4 aliphatic rings. The number of ether oxygens (including phenoxy) is 2. The first-order valence-electron chi connectivity index (χ1n) is 6.73. The molecule has 2 saturated heterocycles. The highest BCUT2D eigenvalue weighted by Gasteiger charge is 2.51. The molecule has 6 atom stereocenters. The fourth-order valence-corrected chi connectivity index (χ4v) is 3.99. The zero-order valence-electron chi connectivity index (χ0n) is 9.23. The molecule has 0 spiro atoms. The van der Waals surface area contributed by atoms with Crippen LogP contribution in [0.4, 0.5) is 0 Å². The predicted octanol–water partition coefficient (Wildman–Crippen LogP) is 3.00. The van der Waals surface area contributed by atoms with Gasteiger partial charge in [-0.05, 0) is 43.9 Å². The van der Waals surface area contributed by atoms with Crippen LogP contribution in [0.15, 0.2) is 0 Å². The third-order valence-corrected chi connectivity index (χ3v) is 4.91. The molecule has 0 N–H and O–H groups in total. The molecule has 0 amide bonds. The zero-order valence-corrected chi connectivity index (χ0v) is 9.23. The second kappa shape index (κ2) is 3.21. The molecule has 0 aromatic heterocycles. The maximum atomic E-state index is 5.74. The van der Waals surface area contributed by atoms with Gasteiger partial charge in [0.15, 0.2) is 0 Å². The summed E-state index contributed by atoms with van der Waals surface area (Å²) < 4.78 is 11.5. The lowest BCUT2D eigenvalue weighted by Gasteiger charge is -2.25. The van der Waals surface area contributed by atoms with Crippen molar-refractivity contribution in [2.75, 3.05) is 0 Å². The Morgan fingerprint density at radius 1 is 0.800 bits per heavy atom. The number of hydrogen-bond acceptors (Lipinski definition) is 2. The van der Waals surface area contributed by atoms with E-state index in [-0.39, 0.29) is 2.85 Å². The van der Waals surface area contributed by atoms with E-state index in [1.54, 1.807) is 0 Å². The summed E-state index contributed by atoms with van der Waals surface area (Å²) in [6.07, 6.45) is 12.3. The van der Waals surface area contributed by atoms with Gasteiger partial charge in [-0.25, -0.2) is 0 Å². The highest BCUT2D eigenvalue weighted by Crippen LogP contribution is 2.48. The molecule has 2 aliphatic carbocycles. The molecule has 6 unspecified atom stereocenters. The Balaban J connectivity index is 0.000000540. The molecule has 2 heterocycles. The van der Waals surface area contributed by atoms with Crippen LogP contribution < -0.4 is 0 Å². The Labute approximate surface area is 94.3 Å². The molecule has 0 aromatic rings. The van der Waals surface area contributed by atoms with Crippen molar-refractivity contribution in [3.05, 3.63) is 0 Å². The van der Waals surface area contributed by atoms with Gasteiger partial charge in [0, 0.05) is 2.85 Å². The number of rotatable bonds is 2. The van der Waals surface area contributed by atoms with Crippen molar-refractivity contribution >= 4 is 0 Å². The van der Waals surface area contributed by atoms with Crippen molar-refractivity contribution < 1.29 is 12.3 Å². The summed E-state index contributed by atoms with van der Waals surface area (Å²) in [6, 6.07) is 0. The second-order valence-electron chi connectivity index (χ2n) is 5.90. The fourth-order valence-electron chi connectivity index (χ4n) is 3.99. The fraction of sp³-hybridized carbons (Fsp3) is 1.00. The lowest BCUT2D eigenvalue weighted by Crippen LogP contribution is -2.24. The van der Waals surface area contributed by atoms with Crippen LogP contribution in [0, 0.1) is 11.8 Å². The lowest BCUT2D eigenvalue weighted by atomic mass is 9.77. The summed E-state index contributed by atoms with van der Waals surface area (Å²) in [5.74, 6) is 1.74. The van der Waals surface area contributed by atoms with E-state index < -0.39 is 0 Å². The summed E-state index contributed by atoms with van der Waals surface area (Å²) in [7, 11) is 0. The van der Waals surface area contributed by atoms with E-state index in [9.17, 15) is 0 Å². The van der Waals surface area contributed by atoms with Crippen LogP contribution in [0.3, 0.4) is 0 Å². The minimum Gasteiger partial charge on any atom is -0.369 e. The molecular formula is C13H24O2. The number of epoxide rings is 2. The van der Waals surface area contributed by atoms with E-state index in [0.29, 0.717) is 24.4 Å². The molecule has 2 nitrogen and oxygen atoms in total. The summed E-state index contributed by atoms with van der Waals surface area (Å²) in [5.41, 5.74) is 0. The number of hydrogen-bond donors (Lipinski definition) is 0. The van der Waals surface area contributed by atoms with E-state index >= 15 is 0 Å². The highest BCUT2D eigenvalue weighted by atomic mass is 16.6. The van der Waals surface area contributed by atoms with E-state index in [1.165, 1.54) is 44.9 Å². The molecule has 0 aromatic carbocycles. The van der Waals surface area contributed by atoms with Crippen LogP contribution in [0.25, 0.3) is 0 Å². The first-order valence-corrected chi connectivity index (χ1v) is 6.73. The van der Waals surface area contributed by atoms with Crippen LogP contribution in [0.1, 0.15) is 47.8 Å². The molecule has 88 valence electrons. The quantitative estimate of drug-likeness (QED) is 0.657. The van der Waals surface area contributed by atoms with Crippen molar-refractivity contribution in [3.8, 4) is 0 Å². The third kappa shape index (κ3) is 1.53. The van der Waals surface area contributed by atoms with E-state index in [0.717, 1.165) is 11.8 Å². The molecule has 2 saturated carbocycles. The number of fused-ring (bicyclic) bond motifs is 2. The third-order valence-electron chi connectivity index (χ3n) is 4.91. The Morgan fingerprint density at radius 3 is 1.87 bits per heavy atom. The van der Waals surface area contributed by atoms with Gasteiger partial charge in [0.05, 0.1) is 24.4 Å². The van der Waals surface area contributed by atoms with Crippen molar-refractivity contribution in [3.63, 3.8) is 0 Å². The van der Waals surface area contributed by atoms with Crippen molar-refractivity contribution in [1.82, 2.24) is 0 Å². The Kier molecular flexibility index (Phi) is 1.92. The van der Waals surface area contributed by atoms with Gasteiger partial charge < -0.3 is 9.47 Å². The highest BCUT2D eigenvalue weighted by molar-refractivity contribution is 4.99. The van der Waals surface area contributed by atoms with Gasteiger partial charge in [0.1, 0.15) is 0 Å². The van der Waals surface area contributed by atoms with Crippen molar-refractivity contribution in [2.24, 2.45) is 11.8 Å². The predicted molar refractivity (Wildman–Crippen MR) is 60.8 cm³/mol. The monoisotopic (exact) mass is 212 g/mol. The normalized spacial score (nSPS) is 56.8. The van der Waals surface area contributed by atoms with Gasteiger partial charge in [-0.2, -0.15) is 0 Å². The Hall–Kier alpha value is -0.0800. The summed E-state index contributed by atoms with van der Waals surface area (Å²) in [5, 5.41) is 0. The molecule has 4 fully saturated rings. The van der Waals surface area contributed by atoms with Crippen LogP contribution >= 0.6 is 0 Å². The van der Waals surface area contributed by atoms with Gasteiger partial charge in [-0.1, -0.05) is 12.8 Å². The maximum Gasteiger partial charge on any atom is 0.0870 e. The van der Waals surface area contributed by atoms with Gasteiger partial charge >= 0.3 is 0 Å². The topological polar surface area (TPSA) is 25.1 Å². The second-order valence-corrected chi connectivity index (χ2v) is 5.90. The van der Waals surface area contributed by atoms with Crippen LogP contribution in [0.5, 0.6) is 0 Å². The Morgan fingerprint density at radius 2 is 1.33 bits per heavy atom. The van der Waals surface area contributed by atoms with Gasteiger partial charge in [0.2, 0.25) is 0 Å². The summed E-state index contributed by atoms with van der Waals surface area (Å²) >= 11 is 0. The van der Waals surface area contributed by atoms with Gasteiger partial charge in [-0.3, -0.25) is 0 Å². The molecule has 2 aliphatic heterocycles. The first-order chi connectivity index (χ1) is 7.42. The average molecular weight is 212 g/mol. The largest absolute Gasteiger partial charge is 0.369 e. The SMILES string of the molecule is C1CC(CC2CCCC3OC23)C2OC2C1.[HH].[HH]. The summed E-state index contributed by atoms with van der Waals surface area (Å²) in [4.78, 5) is 0. The van der Waals surface area contributed by atoms with E-state index in [4.69, 9.17) is 9.47 Å². The lowest BCUT2D eigenvalue weighted by molar-refractivity contribution is 0.229.